The molecule has 0 aromatic heterocycles. The van der Waals surface area contributed by atoms with Gasteiger partial charge < -0.3 is 9.80 Å². The first kappa shape index (κ1) is 24.1. The molecule has 2 aliphatic heterocycles. The van der Waals surface area contributed by atoms with Gasteiger partial charge in [0.15, 0.2) is 0 Å². The molecule has 0 amide bonds. The Morgan fingerprint density at radius 1 is 0.463 bits per heavy atom. The molecule has 2 heterocycles. The van der Waals surface area contributed by atoms with Crippen LogP contribution in [0.25, 0.3) is 10.8 Å². The molecule has 0 spiro atoms. The SMILES string of the molecule is CC(C)(C)c1ccc2c(c1)N(c1ccccc1)c1cccc3c1B2c1cc2ccccc2cc1N3c1ccccc1. The Morgan fingerprint density at radius 2 is 1.00 bits per heavy atom. The Labute approximate surface area is 242 Å². The molecular formula is C38H31BN2. The summed E-state index contributed by atoms with van der Waals surface area (Å²) in [6.07, 6.45) is 0. The minimum absolute atomic E-state index is 0.0459. The fourth-order valence-electron chi connectivity index (χ4n) is 6.79. The van der Waals surface area contributed by atoms with Crippen molar-refractivity contribution in [3.05, 3.63) is 139 Å². The van der Waals surface area contributed by atoms with E-state index in [1.54, 1.807) is 0 Å². The second kappa shape index (κ2) is 8.87. The fourth-order valence-corrected chi connectivity index (χ4v) is 6.79. The third-order valence-electron chi connectivity index (χ3n) is 8.75. The van der Waals surface area contributed by atoms with E-state index in [1.165, 1.54) is 66.8 Å². The summed E-state index contributed by atoms with van der Waals surface area (Å²) in [5, 5.41) is 2.54. The van der Waals surface area contributed by atoms with Gasteiger partial charge in [-0.1, -0.05) is 106 Å². The standard InChI is InChI=1S/C38H31BN2/c1-38(2,3)28-21-22-31-36(25-28)41(30-17-8-5-9-18-30)34-20-12-19-33-37(34)39(31)32-23-26-13-10-11-14-27(26)24-35(32)40(33)29-15-6-4-7-16-29/h4-25H,1-3H3. The van der Waals surface area contributed by atoms with E-state index in [4.69, 9.17) is 0 Å². The van der Waals surface area contributed by atoms with E-state index >= 15 is 0 Å². The Kier molecular flexibility index (Phi) is 5.21. The second-order valence-electron chi connectivity index (χ2n) is 12.3. The van der Waals surface area contributed by atoms with Crippen LogP contribution < -0.4 is 26.2 Å². The maximum Gasteiger partial charge on any atom is 0.252 e. The lowest BCUT2D eigenvalue weighted by atomic mass is 9.33. The Bertz CT molecular complexity index is 1940. The van der Waals surface area contributed by atoms with Crippen LogP contribution in [0.15, 0.2) is 133 Å². The summed E-state index contributed by atoms with van der Waals surface area (Å²) in [5.74, 6) is 0. The first-order valence-corrected chi connectivity index (χ1v) is 14.5. The van der Waals surface area contributed by atoms with Gasteiger partial charge in [-0.15, -0.1) is 0 Å². The highest BCUT2D eigenvalue weighted by Crippen LogP contribution is 2.44. The van der Waals surface area contributed by atoms with Crippen LogP contribution in [-0.2, 0) is 5.41 Å². The van der Waals surface area contributed by atoms with Crippen molar-refractivity contribution in [1.82, 2.24) is 0 Å². The van der Waals surface area contributed by atoms with Crippen LogP contribution in [-0.4, -0.2) is 6.71 Å². The minimum atomic E-state index is 0.0459. The lowest BCUT2D eigenvalue weighted by molar-refractivity contribution is 0.590. The summed E-state index contributed by atoms with van der Waals surface area (Å²) in [7, 11) is 0. The van der Waals surface area contributed by atoms with Crippen molar-refractivity contribution in [3.8, 4) is 0 Å². The smallest absolute Gasteiger partial charge is 0.252 e. The normalized spacial score (nSPS) is 13.6. The monoisotopic (exact) mass is 526 g/mol. The molecule has 0 saturated carbocycles. The van der Waals surface area contributed by atoms with Gasteiger partial charge in [0.25, 0.3) is 6.71 Å². The third kappa shape index (κ3) is 3.65. The maximum atomic E-state index is 2.48. The first-order chi connectivity index (χ1) is 20.0. The molecule has 41 heavy (non-hydrogen) atoms. The quantitative estimate of drug-likeness (QED) is 0.210. The second-order valence-corrected chi connectivity index (χ2v) is 12.3. The molecule has 0 unspecified atom stereocenters. The molecule has 0 fully saturated rings. The van der Waals surface area contributed by atoms with E-state index in [0.29, 0.717) is 0 Å². The topological polar surface area (TPSA) is 6.48 Å². The van der Waals surface area contributed by atoms with E-state index < -0.39 is 0 Å². The molecule has 0 atom stereocenters. The molecule has 0 aliphatic carbocycles. The van der Waals surface area contributed by atoms with Gasteiger partial charge in [-0.3, -0.25) is 0 Å². The lowest BCUT2D eigenvalue weighted by Gasteiger charge is -2.44. The van der Waals surface area contributed by atoms with Gasteiger partial charge in [0, 0.05) is 34.1 Å². The van der Waals surface area contributed by atoms with Gasteiger partial charge in [0.05, 0.1) is 0 Å². The van der Waals surface area contributed by atoms with Crippen molar-refractivity contribution in [1.29, 1.82) is 0 Å². The van der Waals surface area contributed by atoms with Gasteiger partial charge in [-0.25, -0.2) is 0 Å². The summed E-state index contributed by atoms with van der Waals surface area (Å²) < 4.78 is 0. The molecule has 0 N–H and O–H groups in total. The number of hydrogen-bond acceptors (Lipinski definition) is 2. The van der Waals surface area contributed by atoms with Crippen molar-refractivity contribution in [2.75, 3.05) is 9.80 Å². The van der Waals surface area contributed by atoms with Crippen LogP contribution >= 0.6 is 0 Å². The number of anilines is 6. The number of para-hydroxylation sites is 2. The molecule has 0 radical (unpaired) electrons. The van der Waals surface area contributed by atoms with E-state index in [-0.39, 0.29) is 12.1 Å². The molecular weight excluding hydrogens is 495 g/mol. The van der Waals surface area contributed by atoms with Crippen LogP contribution in [0.5, 0.6) is 0 Å². The van der Waals surface area contributed by atoms with Crippen LogP contribution in [0.4, 0.5) is 34.1 Å². The predicted octanol–water partition coefficient (Wildman–Crippen LogP) is 8.22. The molecule has 8 rings (SSSR count). The Balaban J connectivity index is 1.49. The van der Waals surface area contributed by atoms with Gasteiger partial charge in [0.1, 0.15) is 0 Å². The average Bonchev–Trinajstić information content (AvgIpc) is 3.00. The van der Waals surface area contributed by atoms with Gasteiger partial charge in [0.2, 0.25) is 0 Å². The van der Waals surface area contributed by atoms with E-state index in [9.17, 15) is 0 Å². The Hall–Kier alpha value is -4.76. The Morgan fingerprint density at radius 3 is 1.59 bits per heavy atom. The fraction of sp³-hybridized carbons (Fsp3) is 0.105. The maximum absolute atomic E-state index is 2.48. The van der Waals surface area contributed by atoms with Gasteiger partial charge >= 0.3 is 0 Å². The number of hydrogen-bond donors (Lipinski definition) is 0. The lowest BCUT2D eigenvalue weighted by Crippen LogP contribution is -2.61. The zero-order chi connectivity index (χ0) is 27.7. The van der Waals surface area contributed by atoms with Gasteiger partial charge in [-0.2, -0.15) is 0 Å². The van der Waals surface area contributed by atoms with Crippen LogP contribution in [0.3, 0.4) is 0 Å². The largest absolute Gasteiger partial charge is 0.311 e. The third-order valence-corrected chi connectivity index (χ3v) is 8.75. The molecule has 0 saturated heterocycles. The van der Waals surface area contributed by atoms with Crippen molar-refractivity contribution >= 4 is 68.0 Å². The molecule has 6 aromatic carbocycles. The number of rotatable bonds is 2. The summed E-state index contributed by atoms with van der Waals surface area (Å²) in [5.41, 5.74) is 12.8. The van der Waals surface area contributed by atoms with Crippen LogP contribution in [0.2, 0.25) is 0 Å². The van der Waals surface area contributed by atoms with E-state index in [2.05, 4.69) is 164 Å². The zero-order valence-corrected chi connectivity index (χ0v) is 23.7. The van der Waals surface area contributed by atoms with E-state index in [0.717, 1.165) is 0 Å². The summed E-state index contributed by atoms with van der Waals surface area (Å²) in [4.78, 5) is 4.95. The van der Waals surface area contributed by atoms with Gasteiger partial charge in [-0.05, 0) is 86.7 Å². The van der Waals surface area contributed by atoms with E-state index in [1.807, 2.05) is 0 Å². The number of nitrogens with zero attached hydrogens (tertiary/aromatic N) is 2. The summed E-state index contributed by atoms with van der Waals surface area (Å²) >= 11 is 0. The van der Waals surface area contributed by atoms with Crippen molar-refractivity contribution < 1.29 is 0 Å². The van der Waals surface area contributed by atoms with Crippen molar-refractivity contribution in [2.45, 2.75) is 26.2 Å². The molecule has 2 aliphatic rings. The first-order valence-electron chi connectivity index (χ1n) is 14.5. The molecule has 196 valence electrons. The van der Waals surface area contributed by atoms with Crippen LogP contribution in [0, 0.1) is 0 Å². The molecule has 3 heteroatoms. The molecule has 0 bridgehead atoms. The highest BCUT2D eigenvalue weighted by Gasteiger charge is 2.43. The molecule has 2 nitrogen and oxygen atoms in total. The highest BCUT2D eigenvalue weighted by atomic mass is 15.2. The summed E-state index contributed by atoms with van der Waals surface area (Å²) in [6, 6.07) is 49.2. The summed E-state index contributed by atoms with van der Waals surface area (Å²) in [6.45, 7) is 7.03. The predicted molar refractivity (Wildman–Crippen MR) is 177 cm³/mol. The van der Waals surface area contributed by atoms with Crippen molar-refractivity contribution in [3.63, 3.8) is 0 Å². The zero-order valence-electron chi connectivity index (χ0n) is 23.7. The minimum Gasteiger partial charge on any atom is -0.311 e. The average molecular weight is 526 g/mol. The molecule has 6 aromatic rings. The number of benzene rings is 6. The van der Waals surface area contributed by atoms with Crippen LogP contribution in [0.1, 0.15) is 26.3 Å². The number of fused-ring (bicyclic) bond motifs is 5. The van der Waals surface area contributed by atoms with Crippen molar-refractivity contribution in [2.24, 2.45) is 0 Å². The highest BCUT2D eigenvalue weighted by molar-refractivity contribution is 7.00.